The minimum Gasteiger partial charge on any atom is -0.364 e. The van der Waals surface area contributed by atoms with Crippen molar-refractivity contribution in [2.75, 3.05) is 37.3 Å². The molecule has 8 heteroatoms. The molecule has 1 unspecified atom stereocenters. The second-order valence-corrected chi connectivity index (χ2v) is 8.33. The van der Waals surface area contributed by atoms with E-state index in [4.69, 9.17) is 0 Å². The third-order valence-corrected chi connectivity index (χ3v) is 5.84. The van der Waals surface area contributed by atoms with E-state index >= 15 is 0 Å². The molecule has 1 aromatic carbocycles. The smallest absolute Gasteiger partial charge is 0.293 e. The monoisotopic (exact) mass is 339 g/mol. The molecule has 0 N–H and O–H groups in total. The standard InChI is InChI=1S/C15H21N3O4S/c1-23(21,22)13-4-5-14(15(10-13)18(19)20)17-9-6-12(11-17)16-7-2-3-8-16/h4-5,10,12H,2-3,6-9,11H2,1H3. The van der Waals surface area contributed by atoms with Crippen molar-refractivity contribution >= 4 is 21.2 Å². The molecule has 0 bridgehead atoms. The van der Waals surface area contributed by atoms with E-state index < -0.39 is 14.8 Å². The van der Waals surface area contributed by atoms with E-state index in [1.807, 2.05) is 4.90 Å². The number of nitrogens with zero attached hydrogens (tertiary/aromatic N) is 3. The van der Waals surface area contributed by atoms with Gasteiger partial charge in [-0.3, -0.25) is 15.0 Å². The SMILES string of the molecule is CS(=O)(=O)c1ccc(N2CCC(N3CCCC3)C2)c([N+](=O)[O-])c1. The summed E-state index contributed by atoms with van der Waals surface area (Å²) in [6.45, 7) is 3.74. The summed E-state index contributed by atoms with van der Waals surface area (Å²) in [5.74, 6) is 0. The van der Waals surface area contributed by atoms with Crippen molar-refractivity contribution in [2.24, 2.45) is 0 Å². The quantitative estimate of drug-likeness (QED) is 0.613. The zero-order valence-electron chi connectivity index (χ0n) is 13.1. The van der Waals surface area contributed by atoms with Crippen LogP contribution >= 0.6 is 0 Å². The van der Waals surface area contributed by atoms with Gasteiger partial charge in [0, 0.05) is 31.5 Å². The van der Waals surface area contributed by atoms with Crippen LogP contribution in [0.2, 0.25) is 0 Å². The highest BCUT2D eigenvalue weighted by Crippen LogP contribution is 2.34. The number of hydrogen-bond donors (Lipinski definition) is 0. The average Bonchev–Trinajstić information content (AvgIpc) is 3.16. The summed E-state index contributed by atoms with van der Waals surface area (Å²) in [5, 5.41) is 11.4. The highest BCUT2D eigenvalue weighted by atomic mass is 32.2. The highest BCUT2D eigenvalue weighted by molar-refractivity contribution is 7.90. The van der Waals surface area contributed by atoms with Gasteiger partial charge in [0.1, 0.15) is 5.69 Å². The molecule has 7 nitrogen and oxygen atoms in total. The number of rotatable bonds is 4. The van der Waals surface area contributed by atoms with Crippen LogP contribution in [0.1, 0.15) is 19.3 Å². The Morgan fingerprint density at radius 2 is 1.91 bits per heavy atom. The van der Waals surface area contributed by atoms with E-state index in [0.717, 1.165) is 38.9 Å². The van der Waals surface area contributed by atoms with E-state index in [-0.39, 0.29) is 10.6 Å². The molecular weight excluding hydrogens is 318 g/mol. The fourth-order valence-electron chi connectivity index (χ4n) is 3.51. The molecule has 0 radical (unpaired) electrons. The molecule has 0 aromatic heterocycles. The largest absolute Gasteiger partial charge is 0.364 e. The zero-order valence-corrected chi connectivity index (χ0v) is 14.0. The van der Waals surface area contributed by atoms with Gasteiger partial charge >= 0.3 is 0 Å². The third-order valence-electron chi connectivity index (χ3n) is 4.73. The second-order valence-electron chi connectivity index (χ2n) is 6.31. The number of benzene rings is 1. The second kappa shape index (κ2) is 6.09. The summed E-state index contributed by atoms with van der Waals surface area (Å²) in [6.07, 6.45) is 4.50. The van der Waals surface area contributed by atoms with E-state index in [9.17, 15) is 18.5 Å². The first-order valence-corrected chi connectivity index (χ1v) is 9.73. The van der Waals surface area contributed by atoms with Gasteiger partial charge in [0.15, 0.2) is 9.84 Å². The van der Waals surface area contributed by atoms with Gasteiger partial charge in [-0.1, -0.05) is 0 Å². The van der Waals surface area contributed by atoms with Crippen LogP contribution in [0.25, 0.3) is 0 Å². The van der Waals surface area contributed by atoms with Crippen LogP contribution in [0, 0.1) is 10.1 Å². The predicted octanol–water partition coefficient (Wildman–Crippen LogP) is 1.67. The summed E-state index contributed by atoms with van der Waals surface area (Å²) in [7, 11) is -3.45. The molecule has 2 fully saturated rings. The van der Waals surface area contributed by atoms with E-state index in [0.29, 0.717) is 11.7 Å². The number of nitro groups is 1. The van der Waals surface area contributed by atoms with Crippen molar-refractivity contribution < 1.29 is 13.3 Å². The Balaban J connectivity index is 1.86. The van der Waals surface area contributed by atoms with Crippen LogP contribution in [0.15, 0.2) is 23.1 Å². The van der Waals surface area contributed by atoms with Gasteiger partial charge in [0.05, 0.1) is 9.82 Å². The van der Waals surface area contributed by atoms with Crippen molar-refractivity contribution in [3.63, 3.8) is 0 Å². The van der Waals surface area contributed by atoms with Crippen molar-refractivity contribution in [1.29, 1.82) is 0 Å². The molecule has 2 heterocycles. The Kier molecular flexibility index (Phi) is 4.29. The van der Waals surface area contributed by atoms with Crippen LogP contribution < -0.4 is 4.90 Å². The van der Waals surface area contributed by atoms with Gasteiger partial charge in [0.2, 0.25) is 0 Å². The lowest BCUT2D eigenvalue weighted by Gasteiger charge is -2.24. The van der Waals surface area contributed by atoms with Gasteiger partial charge in [-0.15, -0.1) is 0 Å². The van der Waals surface area contributed by atoms with Crippen LogP contribution in [-0.4, -0.2) is 56.7 Å². The lowest BCUT2D eigenvalue weighted by atomic mass is 10.2. The van der Waals surface area contributed by atoms with Crippen molar-refractivity contribution in [3.05, 3.63) is 28.3 Å². The number of likely N-dealkylation sites (tertiary alicyclic amines) is 1. The molecule has 0 amide bonds. The minimum atomic E-state index is -3.45. The highest BCUT2D eigenvalue weighted by Gasteiger charge is 2.32. The maximum atomic E-state index is 11.6. The molecule has 2 aliphatic heterocycles. The molecule has 1 aromatic rings. The number of anilines is 1. The van der Waals surface area contributed by atoms with Crippen LogP contribution in [0.3, 0.4) is 0 Å². The van der Waals surface area contributed by atoms with Crippen LogP contribution in [0.5, 0.6) is 0 Å². The van der Waals surface area contributed by atoms with Crippen molar-refractivity contribution in [3.8, 4) is 0 Å². The summed E-state index contributed by atoms with van der Waals surface area (Å²) in [6, 6.07) is 4.64. The molecule has 2 saturated heterocycles. The number of sulfone groups is 1. The summed E-state index contributed by atoms with van der Waals surface area (Å²) in [4.78, 5) is 15.3. The summed E-state index contributed by atoms with van der Waals surface area (Å²) in [5.41, 5.74) is 0.388. The fourth-order valence-corrected chi connectivity index (χ4v) is 4.15. The summed E-state index contributed by atoms with van der Waals surface area (Å²) < 4.78 is 23.2. The lowest BCUT2D eigenvalue weighted by molar-refractivity contribution is -0.384. The first kappa shape index (κ1) is 16.2. The molecule has 0 aliphatic carbocycles. The zero-order chi connectivity index (χ0) is 16.6. The van der Waals surface area contributed by atoms with Gasteiger partial charge in [-0.2, -0.15) is 0 Å². The van der Waals surface area contributed by atoms with Crippen molar-refractivity contribution in [1.82, 2.24) is 4.90 Å². The molecule has 2 aliphatic rings. The molecule has 0 spiro atoms. The Hall–Kier alpha value is -1.67. The average molecular weight is 339 g/mol. The van der Waals surface area contributed by atoms with Gasteiger partial charge in [-0.05, 0) is 44.5 Å². The van der Waals surface area contributed by atoms with Crippen molar-refractivity contribution in [2.45, 2.75) is 30.2 Å². The first-order valence-electron chi connectivity index (χ1n) is 7.84. The van der Waals surface area contributed by atoms with E-state index in [2.05, 4.69) is 4.90 Å². The predicted molar refractivity (Wildman–Crippen MR) is 87.6 cm³/mol. The van der Waals surface area contributed by atoms with Crippen LogP contribution in [0.4, 0.5) is 11.4 Å². The summed E-state index contributed by atoms with van der Waals surface area (Å²) >= 11 is 0. The topological polar surface area (TPSA) is 83.8 Å². The Bertz CT molecular complexity index is 713. The Morgan fingerprint density at radius 1 is 1.22 bits per heavy atom. The van der Waals surface area contributed by atoms with Gasteiger partial charge < -0.3 is 4.90 Å². The fraction of sp³-hybridized carbons (Fsp3) is 0.600. The Labute approximate surface area is 136 Å². The maximum absolute atomic E-state index is 11.6. The molecule has 3 rings (SSSR count). The molecule has 1 atom stereocenters. The Morgan fingerprint density at radius 3 is 2.52 bits per heavy atom. The van der Waals surface area contributed by atoms with Gasteiger partial charge in [-0.25, -0.2) is 8.42 Å². The van der Waals surface area contributed by atoms with Gasteiger partial charge in [0.25, 0.3) is 5.69 Å². The molecule has 126 valence electrons. The number of hydrogen-bond acceptors (Lipinski definition) is 6. The lowest BCUT2D eigenvalue weighted by Crippen LogP contribution is -2.35. The number of nitro benzene ring substituents is 1. The van der Waals surface area contributed by atoms with E-state index in [1.54, 1.807) is 6.07 Å². The maximum Gasteiger partial charge on any atom is 0.293 e. The third kappa shape index (κ3) is 3.32. The molecule has 0 saturated carbocycles. The molecular formula is C15H21N3O4S. The van der Waals surface area contributed by atoms with E-state index in [1.165, 1.54) is 25.0 Å². The van der Waals surface area contributed by atoms with Crippen LogP contribution in [-0.2, 0) is 9.84 Å². The normalized spacial score (nSPS) is 22.7. The first-order chi connectivity index (χ1) is 10.9. The molecule has 23 heavy (non-hydrogen) atoms. The minimum absolute atomic E-state index is 0.0109.